The zero-order valence-corrected chi connectivity index (χ0v) is 6.96. The van der Waals surface area contributed by atoms with Crippen molar-refractivity contribution < 1.29 is 0 Å². The average Bonchev–Trinajstić information content (AvgIpc) is 2.16. The van der Waals surface area contributed by atoms with Crippen molar-refractivity contribution in [2.45, 2.75) is 13.3 Å². The number of aryl methyl sites for hydroxylation is 1. The van der Waals surface area contributed by atoms with Gasteiger partial charge < -0.3 is 5.43 Å². The molecule has 3 nitrogen and oxygen atoms in total. The second kappa shape index (κ2) is 3.74. The quantitative estimate of drug-likeness (QED) is 0.509. The largest absolute Gasteiger partial charge is 0.324 e. The number of anilines is 1. The fraction of sp³-hybridized carbons (Fsp3) is 0.222. The minimum absolute atomic E-state index is 0.688. The Bertz CT molecular complexity index is 312. The van der Waals surface area contributed by atoms with Crippen LogP contribution < -0.4 is 11.3 Å². The average molecular weight is 161 g/mol. The second-order valence-corrected chi connectivity index (χ2v) is 2.48. The number of hydrazine groups is 1. The standard InChI is InChI=1S/C9H11N3/c1-2-7-3-4-9(12-11)5-8(7)6-10/h3-5,12H,2,11H2,1H3. The molecule has 0 aliphatic rings. The summed E-state index contributed by atoms with van der Waals surface area (Å²) in [6.45, 7) is 2.02. The van der Waals surface area contributed by atoms with Crippen LogP contribution in [0, 0.1) is 11.3 Å². The third kappa shape index (κ3) is 1.55. The van der Waals surface area contributed by atoms with E-state index in [1.54, 1.807) is 6.07 Å². The van der Waals surface area contributed by atoms with E-state index in [4.69, 9.17) is 11.1 Å². The normalized spacial score (nSPS) is 9.08. The molecule has 0 saturated heterocycles. The summed E-state index contributed by atoms with van der Waals surface area (Å²) in [5.74, 6) is 5.21. The molecule has 0 fully saturated rings. The van der Waals surface area contributed by atoms with Gasteiger partial charge in [0.2, 0.25) is 0 Å². The number of nitrogens with two attached hydrogens (primary N) is 1. The van der Waals surface area contributed by atoms with Crippen LogP contribution in [0.2, 0.25) is 0 Å². The van der Waals surface area contributed by atoms with E-state index >= 15 is 0 Å². The van der Waals surface area contributed by atoms with Gasteiger partial charge in [-0.05, 0) is 24.1 Å². The van der Waals surface area contributed by atoms with E-state index in [0.717, 1.165) is 17.7 Å². The van der Waals surface area contributed by atoms with Gasteiger partial charge in [-0.3, -0.25) is 5.84 Å². The fourth-order valence-corrected chi connectivity index (χ4v) is 1.08. The summed E-state index contributed by atoms with van der Waals surface area (Å²) in [6, 6.07) is 7.65. The smallest absolute Gasteiger partial charge is 0.0995 e. The van der Waals surface area contributed by atoms with Crippen molar-refractivity contribution in [3.05, 3.63) is 29.3 Å². The van der Waals surface area contributed by atoms with Gasteiger partial charge in [0.05, 0.1) is 11.6 Å². The molecule has 0 radical (unpaired) electrons. The Balaban J connectivity index is 3.13. The van der Waals surface area contributed by atoms with Gasteiger partial charge in [-0.25, -0.2) is 0 Å². The van der Waals surface area contributed by atoms with Crippen LogP contribution in [-0.2, 0) is 6.42 Å². The molecule has 0 unspecified atom stereocenters. The van der Waals surface area contributed by atoms with Crippen LogP contribution in [-0.4, -0.2) is 0 Å². The number of nitriles is 1. The third-order valence-corrected chi connectivity index (χ3v) is 1.78. The molecule has 1 aromatic rings. The number of hydrogen-bond donors (Lipinski definition) is 2. The van der Waals surface area contributed by atoms with Gasteiger partial charge >= 0.3 is 0 Å². The lowest BCUT2D eigenvalue weighted by Crippen LogP contribution is -2.07. The molecule has 3 heteroatoms. The summed E-state index contributed by atoms with van der Waals surface area (Å²) in [4.78, 5) is 0. The lowest BCUT2D eigenvalue weighted by Gasteiger charge is -2.03. The van der Waals surface area contributed by atoms with E-state index in [2.05, 4.69) is 11.5 Å². The summed E-state index contributed by atoms with van der Waals surface area (Å²) in [6.07, 6.45) is 0.869. The van der Waals surface area contributed by atoms with Crippen LogP contribution in [0.4, 0.5) is 5.69 Å². The van der Waals surface area contributed by atoms with Gasteiger partial charge in [0, 0.05) is 5.69 Å². The monoisotopic (exact) mass is 161 g/mol. The van der Waals surface area contributed by atoms with Crippen molar-refractivity contribution in [2.24, 2.45) is 5.84 Å². The van der Waals surface area contributed by atoms with Crippen LogP contribution in [0.25, 0.3) is 0 Å². The molecule has 0 atom stereocenters. The van der Waals surface area contributed by atoms with Gasteiger partial charge in [-0.2, -0.15) is 5.26 Å². The second-order valence-electron chi connectivity index (χ2n) is 2.48. The summed E-state index contributed by atoms with van der Waals surface area (Å²) >= 11 is 0. The zero-order valence-electron chi connectivity index (χ0n) is 6.96. The van der Waals surface area contributed by atoms with Gasteiger partial charge in [0.1, 0.15) is 0 Å². The molecule has 3 N–H and O–H groups in total. The Labute approximate surface area is 71.8 Å². The van der Waals surface area contributed by atoms with Crippen molar-refractivity contribution >= 4 is 5.69 Å². The molecule has 0 amide bonds. The van der Waals surface area contributed by atoms with Crippen molar-refractivity contribution in [2.75, 3.05) is 5.43 Å². The number of nitrogens with zero attached hydrogens (tertiary/aromatic N) is 1. The number of rotatable bonds is 2. The number of nitrogens with one attached hydrogen (secondary N) is 1. The van der Waals surface area contributed by atoms with Crippen LogP contribution in [0.1, 0.15) is 18.1 Å². The molecule has 0 bridgehead atoms. The maximum atomic E-state index is 8.75. The Morgan fingerprint density at radius 2 is 2.33 bits per heavy atom. The highest BCUT2D eigenvalue weighted by atomic mass is 15.2. The Morgan fingerprint density at radius 3 is 2.83 bits per heavy atom. The summed E-state index contributed by atoms with van der Waals surface area (Å²) in [5.41, 5.74) is 5.01. The van der Waals surface area contributed by atoms with E-state index in [1.807, 2.05) is 19.1 Å². The Morgan fingerprint density at radius 1 is 1.58 bits per heavy atom. The van der Waals surface area contributed by atoms with E-state index < -0.39 is 0 Å². The molecule has 0 aromatic heterocycles. The molecule has 0 spiro atoms. The highest BCUT2D eigenvalue weighted by Gasteiger charge is 1.99. The maximum Gasteiger partial charge on any atom is 0.0995 e. The molecule has 0 aliphatic heterocycles. The van der Waals surface area contributed by atoms with Gasteiger partial charge in [0.25, 0.3) is 0 Å². The first-order chi connectivity index (χ1) is 5.81. The van der Waals surface area contributed by atoms with Gasteiger partial charge in [-0.1, -0.05) is 13.0 Å². The van der Waals surface area contributed by atoms with Crippen LogP contribution in [0.15, 0.2) is 18.2 Å². The van der Waals surface area contributed by atoms with Crippen molar-refractivity contribution in [1.82, 2.24) is 0 Å². The number of hydrogen-bond acceptors (Lipinski definition) is 3. The molecule has 0 saturated carbocycles. The van der Waals surface area contributed by atoms with Gasteiger partial charge in [-0.15, -0.1) is 0 Å². The number of nitrogen functional groups attached to an aromatic ring is 1. The first-order valence-electron chi connectivity index (χ1n) is 3.81. The zero-order chi connectivity index (χ0) is 8.97. The summed E-state index contributed by atoms with van der Waals surface area (Å²) in [5, 5.41) is 8.75. The lowest BCUT2D eigenvalue weighted by molar-refractivity contribution is 1.13. The first-order valence-corrected chi connectivity index (χ1v) is 3.81. The summed E-state index contributed by atoms with van der Waals surface area (Å²) < 4.78 is 0. The maximum absolute atomic E-state index is 8.75. The molecular formula is C9H11N3. The number of benzene rings is 1. The SMILES string of the molecule is CCc1ccc(NN)cc1C#N. The van der Waals surface area contributed by atoms with E-state index in [-0.39, 0.29) is 0 Å². The minimum atomic E-state index is 0.688. The van der Waals surface area contributed by atoms with E-state index in [1.165, 1.54) is 0 Å². The van der Waals surface area contributed by atoms with Crippen LogP contribution in [0.3, 0.4) is 0 Å². The van der Waals surface area contributed by atoms with E-state index in [0.29, 0.717) is 5.56 Å². The summed E-state index contributed by atoms with van der Waals surface area (Å²) in [7, 11) is 0. The molecule has 62 valence electrons. The molecule has 12 heavy (non-hydrogen) atoms. The van der Waals surface area contributed by atoms with Crippen molar-refractivity contribution in [1.29, 1.82) is 5.26 Å². The van der Waals surface area contributed by atoms with Crippen molar-refractivity contribution in [3.8, 4) is 6.07 Å². The predicted molar refractivity (Wildman–Crippen MR) is 48.3 cm³/mol. The van der Waals surface area contributed by atoms with Crippen LogP contribution >= 0.6 is 0 Å². The fourth-order valence-electron chi connectivity index (χ4n) is 1.08. The highest BCUT2D eigenvalue weighted by molar-refractivity contribution is 5.52. The topological polar surface area (TPSA) is 61.8 Å². The predicted octanol–water partition coefficient (Wildman–Crippen LogP) is 1.41. The highest BCUT2D eigenvalue weighted by Crippen LogP contribution is 2.14. The van der Waals surface area contributed by atoms with Crippen molar-refractivity contribution in [3.63, 3.8) is 0 Å². The molecule has 1 aromatic carbocycles. The lowest BCUT2D eigenvalue weighted by atomic mass is 10.1. The van der Waals surface area contributed by atoms with Gasteiger partial charge in [0.15, 0.2) is 0 Å². The third-order valence-electron chi connectivity index (χ3n) is 1.78. The van der Waals surface area contributed by atoms with E-state index in [9.17, 15) is 0 Å². The Kier molecular flexibility index (Phi) is 2.67. The molecule has 0 aliphatic carbocycles. The molecule has 1 rings (SSSR count). The Hall–Kier alpha value is -1.53. The van der Waals surface area contributed by atoms with Crippen LogP contribution in [0.5, 0.6) is 0 Å². The molecular weight excluding hydrogens is 150 g/mol. The minimum Gasteiger partial charge on any atom is -0.324 e. The molecule has 0 heterocycles. The first kappa shape index (κ1) is 8.57.